The largest absolute Gasteiger partial charge is 0.396 e. The fourth-order valence-electron chi connectivity index (χ4n) is 2.59. The van der Waals surface area contributed by atoms with Crippen LogP contribution in [0.4, 0.5) is 0 Å². The zero-order valence-electron chi connectivity index (χ0n) is 11.3. The summed E-state index contributed by atoms with van der Waals surface area (Å²) in [6.45, 7) is 0.464. The molecule has 0 spiro atoms. The van der Waals surface area contributed by atoms with Gasteiger partial charge in [0.15, 0.2) is 0 Å². The molecule has 0 aromatic rings. The van der Waals surface area contributed by atoms with Crippen molar-refractivity contribution in [2.24, 2.45) is 5.73 Å². The molecule has 1 saturated carbocycles. The number of aliphatic hydroxyl groups excluding tert-OH is 1. The van der Waals surface area contributed by atoms with E-state index in [9.17, 15) is 4.79 Å². The molecule has 1 aliphatic rings. The van der Waals surface area contributed by atoms with Gasteiger partial charge in [0.25, 0.3) is 0 Å². The van der Waals surface area contributed by atoms with Crippen LogP contribution in [0.3, 0.4) is 0 Å². The van der Waals surface area contributed by atoms with Gasteiger partial charge in [0, 0.05) is 25.7 Å². The van der Waals surface area contributed by atoms with E-state index in [0.29, 0.717) is 19.4 Å². The first-order valence-electron chi connectivity index (χ1n) is 6.78. The van der Waals surface area contributed by atoms with Gasteiger partial charge < -0.3 is 20.9 Å². The number of rotatable bonds is 7. The Morgan fingerprint density at radius 1 is 1.44 bits per heavy atom. The zero-order valence-corrected chi connectivity index (χ0v) is 11.3. The molecule has 0 bridgehead atoms. The van der Waals surface area contributed by atoms with E-state index >= 15 is 0 Å². The summed E-state index contributed by atoms with van der Waals surface area (Å²) in [5.41, 5.74) is 5.91. The first-order chi connectivity index (χ1) is 8.59. The lowest BCUT2D eigenvalue weighted by Gasteiger charge is -2.33. The molecule has 4 N–H and O–H groups in total. The van der Waals surface area contributed by atoms with Crippen molar-refractivity contribution in [3.63, 3.8) is 0 Å². The number of aliphatic hydroxyl groups is 1. The van der Waals surface area contributed by atoms with Gasteiger partial charge in [0.1, 0.15) is 0 Å². The first-order valence-corrected chi connectivity index (χ1v) is 6.78. The lowest BCUT2D eigenvalue weighted by atomic mass is 9.80. The van der Waals surface area contributed by atoms with E-state index in [4.69, 9.17) is 15.6 Å². The molecule has 1 amide bonds. The second-order valence-corrected chi connectivity index (χ2v) is 5.33. The van der Waals surface area contributed by atoms with Gasteiger partial charge in [0.05, 0.1) is 12.6 Å². The number of carbonyl (C=O) groups excluding carboxylic acids is 1. The third-order valence-electron chi connectivity index (χ3n) is 3.57. The van der Waals surface area contributed by atoms with Crippen LogP contribution in [0.15, 0.2) is 0 Å². The van der Waals surface area contributed by atoms with Crippen molar-refractivity contribution in [1.82, 2.24) is 5.32 Å². The van der Waals surface area contributed by atoms with Crippen LogP contribution >= 0.6 is 0 Å². The summed E-state index contributed by atoms with van der Waals surface area (Å²) in [4.78, 5) is 11.9. The Morgan fingerprint density at radius 2 is 2.11 bits per heavy atom. The molecule has 0 saturated heterocycles. The highest BCUT2D eigenvalue weighted by molar-refractivity contribution is 5.77. The molecule has 0 heterocycles. The molecule has 18 heavy (non-hydrogen) atoms. The summed E-state index contributed by atoms with van der Waals surface area (Å²) in [6, 6.07) is -0.125. The van der Waals surface area contributed by atoms with Crippen LogP contribution in [-0.4, -0.2) is 42.9 Å². The number of hydrogen-bond acceptors (Lipinski definition) is 4. The zero-order chi connectivity index (χ0) is 13.4. The fraction of sp³-hybridized carbons (Fsp3) is 0.923. The first kappa shape index (κ1) is 15.4. The van der Waals surface area contributed by atoms with Gasteiger partial charge in [-0.1, -0.05) is 19.3 Å². The summed E-state index contributed by atoms with van der Waals surface area (Å²) in [7, 11) is 1.59. The van der Waals surface area contributed by atoms with Crippen molar-refractivity contribution >= 4 is 5.91 Å². The monoisotopic (exact) mass is 258 g/mol. The molecule has 106 valence electrons. The molecule has 5 nitrogen and oxygen atoms in total. The van der Waals surface area contributed by atoms with E-state index in [1.165, 1.54) is 6.42 Å². The van der Waals surface area contributed by atoms with Crippen LogP contribution in [0.2, 0.25) is 0 Å². The molecule has 0 aromatic carbocycles. The lowest BCUT2D eigenvalue weighted by Crippen LogP contribution is -2.48. The van der Waals surface area contributed by atoms with Gasteiger partial charge in [-0.25, -0.2) is 0 Å². The maximum atomic E-state index is 11.9. The van der Waals surface area contributed by atoms with Crippen molar-refractivity contribution < 1.29 is 14.6 Å². The molecule has 5 heteroatoms. The van der Waals surface area contributed by atoms with Crippen molar-refractivity contribution in [1.29, 1.82) is 0 Å². The van der Waals surface area contributed by atoms with Crippen molar-refractivity contribution in [2.45, 2.75) is 56.5 Å². The van der Waals surface area contributed by atoms with Crippen LogP contribution in [0.1, 0.15) is 44.9 Å². The Morgan fingerprint density at radius 3 is 2.67 bits per heavy atom. The van der Waals surface area contributed by atoms with E-state index in [-0.39, 0.29) is 24.1 Å². The minimum Gasteiger partial charge on any atom is -0.396 e. The molecule has 1 atom stereocenters. The second-order valence-electron chi connectivity index (χ2n) is 5.33. The van der Waals surface area contributed by atoms with E-state index in [1.54, 1.807) is 7.11 Å². The molecular weight excluding hydrogens is 232 g/mol. The van der Waals surface area contributed by atoms with E-state index in [2.05, 4.69) is 5.32 Å². The second kappa shape index (κ2) is 7.71. The topological polar surface area (TPSA) is 84.6 Å². The Bertz CT molecular complexity index is 247. The molecule has 1 unspecified atom stereocenters. The summed E-state index contributed by atoms with van der Waals surface area (Å²) in [5.74, 6) is -0.0325. The van der Waals surface area contributed by atoms with Crippen molar-refractivity contribution in [2.75, 3.05) is 20.3 Å². The predicted molar refractivity (Wildman–Crippen MR) is 70.1 cm³/mol. The van der Waals surface area contributed by atoms with Gasteiger partial charge in [0.2, 0.25) is 5.91 Å². The minimum absolute atomic E-state index is 0.0325. The molecule has 1 aliphatic carbocycles. The minimum atomic E-state index is -0.334. The Labute approximate surface area is 109 Å². The molecule has 1 rings (SSSR count). The third kappa shape index (κ3) is 5.33. The van der Waals surface area contributed by atoms with Gasteiger partial charge in [-0.05, 0) is 19.3 Å². The highest BCUT2D eigenvalue weighted by atomic mass is 16.5. The van der Waals surface area contributed by atoms with E-state index < -0.39 is 0 Å². The summed E-state index contributed by atoms with van der Waals surface area (Å²) < 4.78 is 5.02. The van der Waals surface area contributed by atoms with Crippen LogP contribution in [0.25, 0.3) is 0 Å². The van der Waals surface area contributed by atoms with Crippen LogP contribution in [0, 0.1) is 0 Å². The number of amides is 1. The Kier molecular flexibility index (Phi) is 6.60. The summed E-state index contributed by atoms with van der Waals surface area (Å²) in [5, 5.41) is 11.8. The Balaban J connectivity index is 2.38. The maximum absolute atomic E-state index is 11.9. The Hall–Kier alpha value is -0.650. The number of nitrogens with two attached hydrogens (primary N) is 1. The summed E-state index contributed by atoms with van der Waals surface area (Å²) >= 11 is 0. The van der Waals surface area contributed by atoms with Crippen LogP contribution in [0.5, 0.6) is 0 Å². The number of methoxy groups -OCH3 is 1. The van der Waals surface area contributed by atoms with Gasteiger partial charge >= 0.3 is 0 Å². The number of hydrogen-bond donors (Lipinski definition) is 3. The van der Waals surface area contributed by atoms with Gasteiger partial charge in [-0.3, -0.25) is 4.79 Å². The molecule has 0 aromatic heterocycles. The van der Waals surface area contributed by atoms with Crippen molar-refractivity contribution in [3.8, 4) is 0 Å². The third-order valence-corrected chi connectivity index (χ3v) is 3.57. The smallest absolute Gasteiger partial charge is 0.222 e. The lowest BCUT2D eigenvalue weighted by molar-refractivity contribution is -0.123. The molecule has 0 radical (unpaired) electrons. The normalized spacial score (nSPS) is 20.4. The SMILES string of the molecule is COCC(CCO)NC(=O)CC1(N)CCCCC1. The molecule has 1 fully saturated rings. The number of nitrogens with one attached hydrogen (secondary N) is 1. The number of carbonyl (C=O) groups is 1. The van der Waals surface area contributed by atoms with Gasteiger partial charge in [-0.2, -0.15) is 0 Å². The summed E-state index contributed by atoms with van der Waals surface area (Å²) in [6.07, 6.45) is 6.18. The number of ether oxygens (including phenoxy) is 1. The quantitative estimate of drug-likeness (QED) is 0.622. The maximum Gasteiger partial charge on any atom is 0.222 e. The average Bonchev–Trinajstić information content (AvgIpc) is 2.29. The van der Waals surface area contributed by atoms with E-state index in [1.807, 2.05) is 0 Å². The fourth-order valence-corrected chi connectivity index (χ4v) is 2.59. The standard InChI is InChI=1S/C13H26N2O3/c1-18-10-11(5-8-16)15-12(17)9-13(14)6-3-2-4-7-13/h11,16H,2-10,14H2,1H3,(H,15,17). The van der Waals surface area contributed by atoms with Gasteiger partial charge in [-0.15, -0.1) is 0 Å². The molecule has 0 aliphatic heterocycles. The predicted octanol–water partition coefficient (Wildman–Crippen LogP) is 0.552. The molecular formula is C13H26N2O3. The highest BCUT2D eigenvalue weighted by Gasteiger charge is 2.30. The van der Waals surface area contributed by atoms with Crippen LogP contribution < -0.4 is 11.1 Å². The average molecular weight is 258 g/mol. The van der Waals surface area contributed by atoms with Crippen LogP contribution in [-0.2, 0) is 9.53 Å². The highest BCUT2D eigenvalue weighted by Crippen LogP contribution is 2.28. The van der Waals surface area contributed by atoms with E-state index in [0.717, 1.165) is 25.7 Å². The van der Waals surface area contributed by atoms with Crippen molar-refractivity contribution in [3.05, 3.63) is 0 Å².